The summed E-state index contributed by atoms with van der Waals surface area (Å²) >= 11 is 0. The Bertz CT molecular complexity index is 944. The van der Waals surface area contributed by atoms with E-state index in [0.717, 1.165) is 27.9 Å². The Morgan fingerprint density at radius 3 is 2.52 bits per heavy atom. The standard InChI is InChI=1S/C20H22N4O3/c1-27-18-6-2-15(3-7-18)14-24-19-12-17(5-4-16(19)13-21-24)22-8-10-23(11-9-22)20(25)26/h2-7,12-13H,8-11,14H2,1H3,(H,25,26). The fourth-order valence-corrected chi connectivity index (χ4v) is 3.44. The average Bonchev–Trinajstić information content (AvgIpc) is 3.10. The number of anilines is 1. The Kier molecular flexibility index (Phi) is 4.58. The van der Waals surface area contributed by atoms with E-state index < -0.39 is 6.09 Å². The summed E-state index contributed by atoms with van der Waals surface area (Å²) in [5.41, 5.74) is 3.33. The number of fused-ring (bicyclic) bond motifs is 1. The van der Waals surface area contributed by atoms with Gasteiger partial charge in [0, 0.05) is 37.3 Å². The predicted molar refractivity (Wildman–Crippen MR) is 104 cm³/mol. The maximum atomic E-state index is 11.1. The van der Waals surface area contributed by atoms with E-state index in [9.17, 15) is 4.79 Å². The van der Waals surface area contributed by atoms with Gasteiger partial charge in [-0.3, -0.25) is 4.68 Å². The summed E-state index contributed by atoms with van der Waals surface area (Å²) in [7, 11) is 1.66. The summed E-state index contributed by atoms with van der Waals surface area (Å²) < 4.78 is 7.21. The molecule has 0 saturated carbocycles. The summed E-state index contributed by atoms with van der Waals surface area (Å²) in [5.74, 6) is 0.840. The van der Waals surface area contributed by atoms with E-state index >= 15 is 0 Å². The molecule has 0 unspecified atom stereocenters. The Balaban J connectivity index is 1.55. The zero-order chi connectivity index (χ0) is 18.8. The molecule has 4 rings (SSSR count). The molecule has 7 nitrogen and oxygen atoms in total. The van der Waals surface area contributed by atoms with Crippen molar-refractivity contribution in [2.45, 2.75) is 6.54 Å². The topological polar surface area (TPSA) is 70.8 Å². The van der Waals surface area contributed by atoms with Crippen LogP contribution in [0.5, 0.6) is 5.75 Å². The van der Waals surface area contributed by atoms with Gasteiger partial charge >= 0.3 is 6.09 Å². The van der Waals surface area contributed by atoms with Crippen molar-refractivity contribution in [2.24, 2.45) is 0 Å². The summed E-state index contributed by atoms with van der Waals surface area (Å²) in [6, 6.07) is 14.3. The second-order valence-corrected chi connectivity index (χ2v) is 6.65. The highest BCUT2D eigenvalue weighted by Crippen LogP contribution is 2.24. The van der Waals surface area contributed by atoms with Gasteiger partial charge in [0.1, 0.15) is 5.75 Å². The third-order valence-corrected chi connectivity index (χ3v) is 5.04. The van der Waals surface area contributed by atoms with Gasteiger partial charge in [-0.2, -0.15) is 5.10 Å². The van der Waals surface area contributed by atoms with Crippen LogP contribution in [0.1, 0.15) is 5.56 Å². The number of hydrogen-bond donors (Lipinski definition) is 1. The zero-order valence-corrected chi connectivity index (χ0v) is 15.2. The van der Waals surface area contributed by atoms with Gasteiger partial charge in [0.05, 0.1) is 25.4 Å². The summed E-state index contributed by atoms with van der Waals surface area (Å²) in [6.07, 6.45) is 1.04. The van der Waals surface area contributed by atoms with Crippen molar-refractivity contribution in [3.63, 3.8) is 0 Å². The highest BCUT2D eigenvalue weighted by Gasteiger charge is 2.21. The number of hydrogen-bond acceptors (Lipinski definition) is 4. The van der Waals surface area contributed by atoms with E-state index in [4.69, 9.17) is 9.84 Å². The highest BCUT2D eigenvalue weighted by atomic mass is 16.5. The maximum absolute atomic E-state index is 11.1. The molecule has 2 heterocycles. The molecule has 27 heavy (non-hydrogen) atoms. The first-order chi connectivity index (χ1) is 13.1. The normalized spacial score (nSPS) is 14.6. The van der Waals surface area contributed by atoms with Crippen LogP contribution in [0, 0.1) is 0 Å². The number of carboxylic acid groups (broad SMARTS) is 1. The Labute approximate surface area is 157 Å². The molecule has 1 N–H and O–H groups in total. The molecule has 3 aromatic rings. The lowest BCUT2D eigenvalue weighted by Gasteiger charge is -2.34. The molecule has 0 aliphatic carbocycles. The molecule has 1 saturated heterocycles. The van der Waals surface area contributed by atoms with Crippen LogP contribution in [-0.4, -0.2) is 59.2 Å². The summed E-state index contributed by atoms with van der Waals surface area (Å²) in [6.45, 7) is 3.13. The number of piperazine rings is 1. The Morgan fingerprint density at radius 1 is 1.11 bits per heavy atom. The predicted octanol–water partition coefficient (Wildman–Crippen LogP) is 2.89. The number of rotatable bonds is 4. The number of benzene rings is 2. The molecule has 140 valence electrons. The molecule has 0 atom stereocenters. The van der Waals surface area contributed by atoms with E-state index in [2.05, 4.69) is 28.2 Å². The van der Waals surface area contributed by atoms with E-state index in [1.54, 1.807) is 7.11 Å². The number of nitrogens with zero attached hydrogens (tertiary/aromatic N) is 4. The largest absolute Gasteiger partial charge is 0.497 e. The number of carbonyl (C=O) groups is 1. The van der Waals surface area contributed by atoms with Gasteiger partial charge < -0.3 is 19.6 Å². The van der Waals surface area contributed by atoms with Crippen LogP contribution in [0.4, 0.5) is 10.5 Å². The molecule has 2 aromatic carbocycles. The van der Waals surface area contributed by atoms with Gasteiger partial charge in [0.25, 0.3) is 0 Å². The fourth-order valence-electron chi connectivity index (χ4n) is 3.44. The smallest absolute Gasteiger partial charge is 0.407 e. The van der Waals surface area contributed by atoms with Crippen molar-refractivity contribution in [1.29, 1.82) is 0 Å². The minimum atomic E-state index is -0.845. The van der Waals surface area contributed by atoms with E-state index in [0.29, 0.717) is 32.7 Å². The van der Waals surface area contributed by atoms with Crippen molar-refractivity contribution in [3.8, 4) is 5.75 Å². The van der Waals surface area contributed by atoms with Crippen molar-refractivity contribution in [1.82, 2.24) is 14.7 Å². The van der Waals surface area contributed by atoms with Crippen LogP contribution in [0.3, 0.4) is 0 Å². The van der Waals surface area contributed by atoms with Crippen LogP contribution < -0.4 is 9.64 Å². The average molecular weight is 366 g/mol. The second kappa shape index (κ2) is 7.19. The van der Waals surface area contributed by atoms with Crippen molar-refractivity contribution >= 4 is 22.7 Å². The van der Waals surface area contributed by atoms with E-state index in [1.165, 1.54) is 4.90 Å². The third-order valence-electron chi connectivity index (χ3n) is 5.04. The minimum Gasteiger partial charge on any atom is -0.497 e. The summed E-state index contributed by atoms with van der Waals surface area (Å²) in [5, 5.41) is 14.7. The third kappa shape index (κ3) is 3.53. The SMILES string of the molecule is COc1ccc(Cn2ncc3ccc(N4CCN(C(=O)O)CC4)cc32)cc1. The number of aromatic nitrogens is 2. The first kappa shape index (κ1) is 17.2. The lowest BCUT2D eigenvalue weighted by atomic mass is 10.2. The van der Waals surface area contributed by atoms with Crippen molar-refractivity contribution < 1.29 is 14.6 Å². The van der Waals surface area contributed by atoms with Gasteiger partial charge in [0.15, 0.2) is 0 Å². The molecule has 7 heteroatoms. The molecule has 1 amide bonds. The molecule has 0 radical (unpaired) electrons. The molecule has 0 bridgehead atoms. The van der Waals surface area contributed by atoms with Gasteiger partial charge in [-0.05, 0) is 35.9 Å². The first-order valence-corrected chi connectivity index (χ1v) is 8.95. The maximum Gasteiger partial charge on any atom is 0.407 e. The fraction of sp³-hybridized carbons (Fsp3) is 0.300. The van der Waals surface area contributed by atoms with Crippen molar-refractivity contribution in [3.05, 3.63) is 54.2 Å². The first-order valence-electron chi connectivity index (χ1n) is 8.95. The molecule has 1 aliphatic heterocycles. The zero-order valence-electron chi connectivity index (χ0n) is 15.2. The van der Waals surface area contributed by atoms with E-state index in [-0.39, 0.29) is 0 Å². The van der Waals surface area contributed by atoms with Crippen LogP contribution in [0.25, 0.3) is 10.9 Å². The second-order valence-electron chi connectivity index (χ2n) is 6.65. The van der Waals surface area contributed by atoms with Gasteiger partial charge in [-0.25, -0.2) is 4.79 Å². The Morgan fingerprint density at radius 2 is 1.85 bits per heavy atom. The van der Waals surface area contributed by atoms with Crippen LogP contribution in [-0.2, 0) is 6.54 Å². The molecular weight excluding hydrogens is 344 g/mol. The van der Waals surface area contributed by atoms with Gasteiger partial charge in [0.2, 0.25) is 0 Å². The summed E-state index contributed by atoms with van der Waals surface area (Å²) in [4.78, 5) is 14.8. The number of ether oxygens (including phenoxy) is 1. The monoisotopic (exact) mass is 366 g/mol. The number of methoxy groups -OCH3 is 1. The van der Waals surface area contributed by atoms with Crippen LogP contribution in [0.15, 0.2) is 48.7 Å². The molecule has 1 aliphatic rings. The molecule has 1 fully saturated rings. The molecule has 1 aromatic heterocycles. The molecule has 0 spiro atoms. The lowest BCUT2D eigenvalue weighted by molar-refractivity contribution is 0.142. The van der Waals surface area contributed by atoms with E-state index in [1.807, 2.05) is 35.1 Å². The van der Waals surface area contributed by atoms with Gasteiger partial charge in [-0.1, -0.05) is 12.1 Å². The minimum absolute atomic E-state index is 0.526. The quantitative estimate of drug-likeness (QED) is 0.769. The highest BCUT2D eigenvalue weighted by molar-refractivity contribution is 5.82. The van der Waals surface area contributed by atoms with Crippen LogP contribution >= 0.6 is 0 Å². The number of amides is 1. The molecular formula is C20H22N4O3. The Hall–Kier alpha value is -3.22. The van der Waals surface area contributed by atoms with Crippen molar-refractivity contribution in [2.75, 3.05) is 38.2 Å². The van der Waals surface area contributed by atoms with Crippen LogP contribution in [0.2, 0.25) is 0 Å². The lowest BCUT2D eigenvalue weighted by Crippen LogP contribution is -2.48. The van der Waals surface area contributed by atoms with Gasteiger partial charge in [-0.15, -0.1) is 0 Å².